The Kier molecular flexibility index (Phi) is 4.97. The van der Waals surface area contributed by atoms with E-state index in [1.807, 2.05) is 0 Å². The van der Waals surface area contributed by atoms with E-state index in [0.717, 1.165) is 10.9 Å². The Morgan fingerprint density at radius 1 is 1.19 bits per heavy atom. The SMILES string of the molecule is COC(=O)CS1(Cc2ccc(OC)c3c2ccc(=O)n3C)CC(=O)NC1=O. The van der Waals surface area contributed by atoms with E-state index in [0.29, 0.717) is 11.3 Å². The van der Waals surface area contributed by atoms with Crippen LogP contribution in [0.15, 0.2) is 29.1 Å². The fourth-order valence-corrected chi connectivity index (χ4v) is 6.29. The number of pyridine rings is 1. The first-order valence-corrected chi connectivity index (χ1v) is 10.3. The number of nitrogens with zero attached hydrogens (tertiary/aromatic N) is 1. The molecule has 27 heavy (non-hydrogen) atoms. The van der Waals surface area contributed by atoms with Gasteiger partial charge in [-0.3, -0.25) is 24.5 Å². The average molecular weight is 392 g/mol. The van der Waals surface area contributed by atoms with Gasteiger partial charge in [0.25, 0.3) is 10.8 Å². The third-order valence-corrected chi connectivity index (χ3v) is 8.00. The molecule has 1 aliphatic rings. The molecule has 1 aromatic carbocycles. The highest BCUT2D eigenvalue weighted by Gasteiger charge is 2.44. The zero-order valence-corrected chi connectivity index (χ0v) is 16.1. The van der Waals surface area contributed by atoms with Crippen molar-refractivity contribution in [1.29, 1.82) is 0 Å². The number of aromatic nitrogens is 1. The van der Waals surface area contributed by atoms with Gasteiger partial charge in [0.2, 0.25) is 5.91 Å². The summed E-state index contributed by atoms with van der Waals surface area (Å²) in [4.78, 5) is 48.4. The molecule has 1 aliphatic heterocycles. The van der Waals surface area contributed by atoms with Gasteiger partial charge in [0.05, 0.1) is 31.2 Å². The summed E-state index contributed by atoms with van der Waals surface area (Å²) < 4.78 is 11.6. The van der Waals surface area contributed by atoms with Crippen molar-refractivity contribution >= 4 is 38.0 Å². The molecule has 1 aromatic heterocycles. The molecule has 9 heteroatoms. The molecule has 2 amide bonds. The van der Waals surface area contributed by atoms with Crippen LogP contribution in [0.5, 0.6) is 5.75 Å². The molecule has 1 N–H and O–H groups in total. The number of hydrogen-bond donors (Lipinski definition) is 1. The van der Waals surface area contributed by atoms with Crippen molar-refractivity contribution in [2.45, 2.75) is 5.75 Å². The van der Waals surface area contributed by atoms with Crippen LogP contribution in [0, 0.1) is 0 Å². The van der Waals surface area contributed by atoms with Crippen LogP contribution in [0.3, 0.4) is 0 Å². The lowest BCUT2D eigenvalue weighted by Crippen LogP contribution is -2.25. The van der Waals surface area contributed by atoms with E-state index < -0.39 is 21.2 Å². The van der Waals surface area contributed by atoms with Gasteiger partial charge in [-0.15, -0.1) is 10.0 Å². The minimum atomic E-state index is -2.29. The molecule has 1 unspecified atom stereocenters. The van der Waals surface area contributed by atoms with Gasteiger partial charge in [0, 0.05) is 24.3 Å². The fraction of sp³-hybridized carbons (Fsp3) is 0.333. The maximum absolute atomic E-state index is 12.6. The molecular weight excluding hydrogens is 372 g/mol. The number of esters is 1. The van der Waals surface area contributed by atoms with Gasteiger partial charge in [-0.05, 0) is 17.7 Å². The molecular formula is C18H20N2O6S. The Morgan fingerprint density at radius 3 is 2.52 bits per heavy atom. The Balaban J connectivity index is 2.15. The summed E-state index contributed by atoms with van der Waals surface area (Å²) >= 11 is 0. The van der Waals surface area contributed by atoms with E-state index in [-0.39, 0.29) is 28.7 Å². The zero-order chi connectivity index (χ0) is 19.8. The summed E-state index contributed by atoms with van der Waals surface area (Å²) in [6.45, 7) is 0. The fourth-order valence-electron chi connectivity index (χ4n) is 3.27. The third-order valence-electron chi connectivity index (χ3n) is 4.64. The second-order valence-electron chi connectivity index (χ2n) is 6.31. The summed E-state index contributed by atoms with van der Waals surface area (Å²) in [6, 6.07) is 6.63. The number of imide groups is 1. The Morgan fingerprint density at radius 2 is 1.93 bits per heavy atom. The standard InChI is InChI=1S/C18H20N2O6S/c1-20-15(22)7-5-12-11(4-6-13(25-2)17(12)20)8-27(10-16(23)26-3)9-14(21)19-18(27)24/h4-7H,8-10H2,1-3H3,(H,19,21,24). The van der Waals surface area contributed by atoms with Crippen LogP contribution in [0.4, 0.5) is 4.79 Å². The molecule has 0 saturated carbocycles. The average Bonchev–Trinajstić information content (AvgIpc) is 2.91. The highest BCUT2D eigenvalue weighted by Crippen LogP contribution is 2.55. The highest BCUT2D eigenvalue weighted by molar-refractivity contribution is 8.45. The number of amides is 2. The highest BCUT2D eigenvalue weighted by atomic mass is 32.3. The van der Waals surface area contributed by atoms with Crippen molar-refractivity contribution in [1.82, 2.24) is 9.88 Å². The lowest BCUT2D eigenvalue weighted by molar-refractivity contribution is -0.137. The summed E-state index contributed by atoms with van der Waals surface area (Å²) in [7, 11) is 2.11. The van der Waals surface area contributed by atoms with Gasteiger partial charge in [-0.1, -0.05) is 6.07 Å². The summed E-state index contributed by atoms with van der Waals surface area (Å²) in [5.41, 5.74) is 1.17. The molecule has 0 aliphatic carbocycles. The van der Waals surface area contributed by atoms with Crippen LogP contribution in [0.2, 0.25) is 0 Å². The Bertz CT molecular complexity index is 1010. The summed E-state index contributed by atoms with van der Waals surface area (Å²) in [6.07, 6.45) is 0. The lowest BCUT2D eigenvalue weighted by atomic mass is 10.1. The van der Waals surface area contributed by atoms with Crippen LogP contribution in [-0.4, -0.2) is 47.4 Å². The normalized spacial score (nSPS) is 21.6. The van der Waals surface area contributed by atoms with Crippen LogP contribution in [-0.2, 0) is 27.1 Å². The largest absolute Gasteiger partial charge is 0.495 e. The van der Waals surface area contributed by atoms with E-state index in [2.05, 4.69) is 5.32 Å². The third kappa shape index (κ3) is 3.30. The number of rotatable bonds is 5. The van der Waals surface area contributed by atoms with Gasteiger partial charge in [0.1, 0.15) is 5.75 Å². The van der Waals surface area contributed by atoms with Gasteiger partial charge < -0.3 is 14.0 Å². The summed E-state index contributed by atoms with van der Waals surface area (Å²) in [5.74, 6) is -0.291. The molecule has 0 radical (unpaired) electrons. The van der Waals surface area contributed by atoms with Crippen molar-refractivity contribution in [3.8, 4) is 5.75 Å². The number of ether oxygens (including phenoxy) is 2. The predicted molar refractivity (Wildman–Crippen MR) is 102 cm³/mol. The number of carbonyl (C=O) groups is 3. The number of methoxy groups -OCH3 is 2. The van der Waals surface area contributed by atoms with E-state index in [4.69, 9.17) is 9.47 Å². The minimum absolute atomic E-state index is 0.0137. The van der Waals surface area contributed by atoms with E-state index in [9.17, 15) is 19.2 Å². The molecule has 8 nitrogen and oxygen atoms in total. The molecule has 1 fully saturated rings. The molecule has 2 aromatic rings. The molecule has 0 spiro atoms. The first-order valence-electron chi connectivity index (χ1n) is 8.14. The zero-order valence-electron chi connectivity index (χ0n) is 15.2. The van der Waals surface area contributed by atoms with E-state index in [1.54, 1.807) is 25.2 Å². The van der Waals surface area contributed by atoms with Crippen molar-refractivity contribution in [3.63, 3.8) is 0 Å². The maximum Gasteiger partial charge on any atom is 0.314 e. The molecule has 3 rings (SSSR count). The molecule has 1 atom stereocenters. The van der Waals surface area contributed by atoms with Crippen molar-refractivity contribution in [2.24, 2.45) is 7.05 Å². The monoisotopic (exact) mass is 392 g/mol. The van der Waals surface area contributed by atoms with E-state index >= 15 is 0 Å². The quantitative estimate of drug-likeness (QED) is 0.769. The minimum Gasteiger partial charge on any atom is -0.495 e. The number of carbonyl (C=O) groups excluding carboxylic acids is 3. The van der Waals surface area contributed by atoms with Gasteiger partial charge >= 0.3 is 5.97 Å². The van der Waals surface area contributed by atoms with Gasteiger partial charge in [-0.2, -0.15) is 0 Å². The first kappa shape index (κ1) is 19.0. The first-order chi connectivity index (χ1) is 12.8. The number of aryl methyl sites for hydroxylation is 1. The lowest BCUT2D eigenvalue weighted by Gasteiger charge is -2.30. The van der Waals surface area contributed by atoms with Crippen LogP contribution < -0.4 is 15.6 Å². The van der Waals surface area contributed by atoms with Gasteiger partial charge in [-0.25, -0.2) is 0 Å². The Hall–Kier alpha value is -2.81. The predicted octanol–water partition coefficient (Wildman–Crippen LogP) is 1.27. The second kappa shape index (κ2) is 7.07. The van der Waals surface area contributed by atoms with Crippen molar-refractivity contribution < 1.29 is 23.9 Å². The van der Waals surface area contributed by atoms with E-state index in [1.165, 1.54) is 24.9 Å². The number of fused-ring (bicyclic) bond motifs is 1. The topological polar surface area (TPSA) is 104 Å². The maximum atomic E-state index is 12.6. The van der Waals surface area contributed by atoms with Crippen molar-refractivity contribution in [2.75, 3.05) is 25.7 Å². The van der Waals surface area contributed by atoms with Crippen molar-refractivity contribution in [3.05, 3.63) is 40.2 Å². The Labute approximate surface area is 156 Å². The summed E-state index contributed by atoms with van der Waals surface area (Å²) in [5, 5.41) is 2.65. The number of nitrogens with one attached hydrogen (secondary N) is 1. The van der Waals surface area contributed by atoms with Crippen LogP contribution >= 0.6 is 10.0 Å². The van der Waals surface area contributed by atoms with Gasteiger partial charge in [0.15, 0.2) is 0 Å². The molecule has 2 heterocycles. The second-order valence-corrected chi connectivity index (χ2v) is 9.64. The molecule has 144 valence electrons. The smallest absolute Gasteiger partial charge is 0.314 e. The number of benzene rings is 1. The molecule has 1 saturated heterocycles. The number of hydrogen-bond acceptors (Lipinski definition) is 6. The molecule has 0 bridgehead atoms. The van der Waals surface area contributed by atoms with Crippen LogP contribution in [0.25, 0.3) is 10.9 Å². The van der Waals surface area contributed by atoms with Crippen LogP contribution in [0.1, 0.15) is 5.56 Å².